The fraction of sp³-hybridized carbons (Fsp3) is 0. The highest BCUT2D eigenvalue weighted by molar-refractivity contribution is 6.97. The van der Waals surface area contributed by atoms with Crippen LogP contribution in [0.15, 0.2) is 182 Å². The summed E-state index contributed by atoms with van der Waals surface area (Å²) < 4.78 is 42.7. The molecule has 246 valence electrons. The molecule has 7 rings (SSSR count). The molecule has 0 amide bonds. The lowest BCUT2D eigenvalue weighted by molar-refractivity contribution is 0.177. The maximum absolute atomic E-state index is 12.5. The van der Waals surface area contributed by atoms with Gasteiger partial charge in [0, 0.05) is 10.4 Å². The van der Waals surface area contributed by atoms with Gasteiger partial charge < -0.3 is 29.5 Å². The van der Waals surface area contributed by atoms with Crippen LogP contribution in [0, 0.1) is 0 Å². The quantitative estimate of drug-likeness (QED) is 0.206. The Morgan fingerprint density at radius 1 is 0.490 bits per heavy atom. The van der Waals surface area contributed by atoms with Crippen molar-refractivity contribution in [3.8, 4) is 0 Å². The van der Waals surface area contributed by atoms with Gasteiger partial charge in [-0.3, -0.25) is 0 Å². The molecule has 0 spiro atoms. The van der Waals surface area contributed by atoms with Gasteiger partial charge in [-0.25, -0.2) is 0 Å². The van der Waals surface area contributed by atoms with Crippen molar-refractivity contribution in [3.63, 3.8) is 0 Å². The molecule has 6 aromatic carbocycles. The Bertz CT molecular complexity index is 1830. The topological polar surface area (TPSA) is 75.6 Å². The Hall–Kier alpha value is -3.66. The molecule has 49 heavy (non-hydrogen) atoms. The Morgan fingerprint density at radius 3 is 1.39 bits per heavy atom. The van der Waals surface area contributed by atoms with Gasteiger partial charge in [0.25, 0.3) is 0 Å². The minimum Gasteiger partial charge on any atom is -0.436 e. The molecule has 1 saturated heterocycles. The number of benzene rings is 6. The van der Waals surface area contributed by atoms with Crippen molar-refractivity contribution < 1.29 is 29.5 Å². The van der Waals surface area contributed by atoms with E-state index >= 15 is 0 Å². The van der Waals surface area contributed by atoms with Crippen LogP contribution in [0.3, 0.4) is 0 Å². The van der Waals surface area contributed by atoms with Gasteiger partial charge >= 0.3 is 45.5 Å². The van der Waals surface area contributed by atoms with E-state index in [9.17, 15) is 4.80 Å². The summed E-state index contributed by atoms with van der Waals surface area (Å²) in [5.41, 5.74) is 0. The molecule has 1 N–H and O–H groups in total. The number of hydrogen-bond donors (Lipinski definition) is 1. The molecule has 0 saturated carbocycles. The summed E-state index contributed by atoms with van der Waals surface area (Å²) in [6.45, 7) is 0. The fourth-order valence-electron chi connectivity index (χ4n) is 5.55. The van der Waals surface area contributed by atoms with Gasteiger partial charge in [-0.1, -0.05) is 182 Å². The molecule has 1 aliphatic rings. The lowest BCUT2D eigenvalue weighted by Gasteiger charge is -2.43. The van der Waals surface area contributed by atoms with E-state index in [1.165, 1.54) is 5.19 Å². The van der Waals surface area contributed by atoms with Crippen molar-refractivity contribution in [1.29, 1.82) is 0 Å². The monoisotopic (exact) mass is 748 g/mol. The fourth-order valence-corrected chi connectivity index (χ4v) is 27.2. The third-order valence-electron chi connectivity index (χ3n) is 8.05. The Morgan fingerprint density at radius 2 is 0.898 bits per heavy atom. The largest absolute Gasteiger partial charge is 0.516 e. The molecular weight excluding hydrogens is 713 g/mol. The van der Waals surface area contributed by atoms with Crippen LogP contribution in [-0.4, -0.2) is 60.0 Å². The summed E-state index contributed by atoms with van der Waals surface area (Å²) in [5, 5.41) is 5.21. The van der Waals surface area contributed by atoms with E-state index in [-0.39, 0.29) is 0 Å². The number of hydrogen-bond acceptors (Lipinski definition) is 7. The number of rotatable bonds is 10. The normalized spacial score (nSPS) is 23.4. The first-order chi connectivity index (χ1) is 24.1. The zero-order valence-electron chi connectivity index (χ0n) is 26.7. The van der Waals surface area contributed by atoms with Gasteiger partial charge in [0.2, 0.25) is 0 Å². The molecule has 7 nitrogen and oxygen atoms in total. The van der Waals surface area contributed by atoms with Crippen LogP contribution < -0.4 is 31.1 Å². The van der Waals surface area contributed by atoms with Crippen LogP contribution >= 0.6 is 0 Å². The van der Waals surface area contributed by atoms with E-state index in [0.29, 0.717) is 5.19 Å². The smallest absolute Gasteiger partial charge is 0.436 e. The van der Waals surface area contributed by atoms with Gasteiger partial charge in [0.05, 0.1) is 0 Å². The predicted octanol–water partition coefficient (Wildman–Crippen LogP) is 0.576. The highest BCUT2D eigenvalue weighted by Gasteiger charge is 2.57. The second-order valence-electron chi connectivity index (χ2n) is 11.5. The van der Waals surface area contributed by atoms with Crippen molar-refractivity contribution in [2.24, 2.45) is 0 Å². The van der Waals surface area contributed by atoms with Gasteiger partial charge in [-0.15, -0.1) is 0 Å². The maximum Gasteiger partial charge on any atom is 0.516 e. The van der Waals surface area contributed by atoms with Crippen LogP contribution in [0.25, 0.3) is 0 Å². The summed E-state index contributed by atoms with van der Waals surface area (Å²) in [5.74, 6) is 0. The van der Waals surface area contributed by atoms with Crippen LogP contribution in [0.4, 0.5) is 0 Å². The van der Waals surface area contributed by atoms with E-state index < -0.39 is 55.2 Å². The minimum absolute atomic E-state index is 0.590. The third kappa shape index (κ3) is 8.22. The van der Waals surface area contributed by atoms with Crippen molar-refractivity contribution in [3.05, 3.63) is 182 Å². The predicted molar refractivity (Wildman–Crippen MR) is 207 cm³/mol. The summed E-state index contributed by atoms with van der Waals surface area (Å²) in [6, 6.07) is 59.2. The standard InChI is InChI=1S/C36H36O7Si6/c37-48(35-27-15-5-16-28-35)39-46(33-23-11-3-12-24-33)42-49(36-29-17-6-18-30-36,43-47(40-48)34-25-13-4-14-26-34)41-45(32-21-9-2-10-22-32)38-44-31-19-7-1-8-20-31/h1-30,37,45-47H,44H2. The molecule has 0 aromatic heterocycles. The maximum atomic E-state index is 12.5. The van der Waals surface area contributed by atoms with E-state index in [1.54, 1.807) is 0 Å². The van der Waals surface area contributed by atoms with Crippen molar-refractivity contribution in [2.75, 3.05) is 0 Å². The molecule has 0 bridgehead atoms. The molecule has 1 heterocycles. The lowest BCUT2D eigenvalue weighted by atomic mass is 10.4. The lowest BCUT2D eigenvalue weighted by Crippen LogP contribution is -2.74. The third-order valence-corrected chi connectivity index (χ3v) is 26.2. The average molecular weight is 749 g/mol. The first-order valence-corrected chi connectivity index (χ1v) is 25.5. The first kappa shape index (κ1) is 33.8. The van der Waals surface area contributed by atoms with Crippen LogP contribution in [0.1, 0.15) is 0 Å². The van der Waals surface area contributed by atoms with Gasteiger partial charge in [0.15, 0.2) is 9.76 Å². The van der Waals surface area contributed by atoms with Crippen molar-refractivity contribution >= 4 is 86.3 Å². The summed E-state index contributed by atoms with van der Waals surface area (Å²) >= 11 is 0. The minimum atomic E-state index is -4.09. The highest BCUT2D eigenvalue weighted by atomic mass is 28.5. The van der Waals surface area contributed by atoms with Crippen molar-refractivity contribution in [2.45, 2.75) is 0 Å². The van der Waals surface area contributed by atoms with Crippen LogP contribution in [0.5, 0.6) is 0 Å². The van der Waals surface area contributed by atoms with E-state index in [2.05, 4.69) is 24.3 Å². The van der Waals surface area contributed by atoms with Gasteiger partial charge in [-0.05, 0) is 20.7 Å². The van der Waals surface area contributed by atoms with Crippen molar-refractivity contribution in [1.82, 2.24) is 0 Å². The van der Waals surface area contributed by atoms with E-state index in [0.717, 1.165) is 20.7 Å². The second-order valence-corrected chi connectivity index (χ2v) is 26.1. The molecule has 1 aliphatic heterocycles. The van der Waals surface area contributed by atoms with E-state index in [1.807, 2.05) is 158 Å². The Balaban J connectivity index is 1.38. The second kappa shape index (κ2) is 15.9. The van der Waals surface area contributed by atoms with Crippen LogP contribution in [0.2, 0.25) is 0 Å². The van der Waals surface area contributed by atoms with Gasteiger partial charge in [-0.2, -0.15) is 0 Å². The summed E-state index contributed by atoms with van der Waals surface area (Å²) in [7, 11) is -17.9. The Kier molecular flexibility index (Phi) is 11.0. The molecule has 3 atom stereocenters. The molecule has 13 heteroatoms. The summed E-state index contributed by atoms with van der Waals surface area (Å²) in [4.78, 5) is 12.5. The molecule has 6 aromatic rings. The summed E-state index contributed by atoms with van der Waals surface area (Å²) in [6.07, 6.45) is 0. The molecule has 1 fully saturated rings. The highest BCUT2D eigenvalue weighted by Crippen LogP contribution is 2.23. The van der Waals surface area contributed by atoms with E-state index in [4.69, 9.17) is 24.7 Å². The molecule has 0 aliphatic carbocycles. The first-order valence-electron chi connectivity index (χ1n) is 16.1. The zero-order chi connectivity index (χ0) is 33.4. The Labute approximate surface area is 296 Å². The molecular formula is C36H36O7Si6. The SMILES string of the molecule is O[Si]1(c2ccccc2)O[SiH](c2ccccc2)O[Si](O[SiH](O[SiH2]c2ccccc2)c2ccccc2)(c2ccccc2)O[SiH](c2ccccc2)O1. The average Bonchev–Trinajstić information content (AvgIpc) is 3.17. The molecule has 0 radical (unpaired) electrons. The zero-order valence-corrected chi connectivity index (χ0v) is 33.5. The van der Waals surface area contributed by atoms with Crippen LogP contribution in [-0.2, 0) is 24.7 Å². The van der Waals surface area contributed by atoms with Gasteiger partial charge in [0.1, 0.15) is 0 Å². The molecule has 3 unspecified atom stereocenters.